The Morgan fingerprint density at radius 2 is 1.81 bits per heavy atom. The van der Waals surface area contributed by atoms with Gasteiger partial charge in [0.05, 0.1) is 11.3 Å². The number of hydrogen-bond donors (Lipinski definition) is 1. The van der Waals surface area contributed by atoms with Gasteiger partial charge in [0.2, 0.25) is 6.41 Å². The number of amides is 2. The highest BCUT2D eigenvalue weighted by Crippen LogP contribution is 2.20. The van der Waals surface area contributed by atoms with Gasteiger partial charge in [-0.25, -0.2) is 5.01 Å². The van der Waals surface area contributed by atoms with Crippen LogP contribution in [0.25, 0.3) is 0 Å². The number of aromatic nitrogens is 1. The summed E-state index contributed by atoms with van der Waals surface area (Å²) in [5.74, 6) is 0.278. The first-order valence-corrected chi connectivity index (χ1v) is 7.99. The van der Waals surface area contributed by atoms with Gasteiger partial charge in [0, 0.05) is 12.4 Å². The Kier molecular flexibility index (Phi) is 5.57. The van der Waals surface area contributed by atoms with Gasteiger partial charge in [-0.2, -0.15) is 0 Å². The highest BCUT2D eigenvalue weighted by molar-refractivity contribution is 6.06. The largest absolute Gasteiger partial charge is 0.489 e. The number of hydrogen-bond acceptors (Lipinski definition) is 4. The molecule has 0 aliphatic heterocycles. The summed E-state index contributed by atoms with van der Waals surface area (Å²) in [6.07, 6.45) is 3.47. The number of rotatable bonds is 7. The first kappa shape index (κ1) is 17.2. The Morgan fingerprint density at radius 1 is 1.04 bits per heavy atom. The van der Waals surface area contributed by atoms with Crippen LogP contribution >= 0.6 is 0 Å². The number of benzene rings is 2. The van der Waals surface area contributed by atoms with Crippen LogP contribution in [0.4, 0.5) is 5.69 Å². The Morgan fingerprint density at radius 3 is 2.46 bits per heavy atom. The third kappa shape index (κ3) is 4.24. The SMILES string of the molecule is O=CNN(C(=O)c1cccnc1)c1ccc(OCc2ccccc2)cc1. The highest BCUT2D eigenvalue weighted by atomic mass is 16.5. The molecule has 1 heterocycles. The molecule has 6 nitrogen and oxygen atoms in total. The van der Waals surface area contributed by atoms with Crippen molar-refractivity contribution in [1.29, 1.82) is 0 Å². The van der Waals surface area contributed by atoms with Crippen LogP contribution in [0.15, 0.2) is 79.1 Å². The third-order valence-electron chi connectivity index (χ3n) is 3.64. The molecule has 0 radical (unpaired) electrons. The van der Waals surface area contributed by atoms with E-state index in [0.717, 1.165) is 10.6 Å². The van der Waals surface area contributed by atoms with Crippen LogP contribution in [-0.4, -0.2) is 17.3 Å². The first-order valence-electron chi connectivity index (χ1n) is 7.99. The fraction of sp³-hybridized carbons (Fsp3) is 0.0500. The van der Waals surface area contributed by atoms with Crippen molar-refractivity contribution in [2.24, 2.45) is 0 Å². The molecule has 1 N–H and O–H groups in total. The molecule has 6 heteroatoms. The van der Waals surface area contributed by atoms with E-state index in [0.29, 0.717) is 30.0 Å². The first-order chi connectivity index (χ1) is 12.8. The lowest BCUT2D eigenvalue weighted by Gasteiger charge is -2.21. The normalized spacial score (nSPS) is 10.0. The molecule has 0 bridgehead atoms. The Labute approximate surface area is 151 Å². The van der Waals surface area contributed by atoms with Crippen LogP contribution in [0.5, 0.6) is 5.75 Å². The smallest absolute Gasteiger partial charge is 0.278 e. The number of anilines is 1. The molecule has 0 saturated carbocycles. The zero-order valence-electron chi connectivity index (χ0n) is 13.9. The van der Waals surface area contributed by atoms with E-state index in [1.54, 1.807) is 42.6 Å². The molecular formula is C20H17N3O3. The monoisotopic (exact) mass is 347 g/mol. The summed E-state index contributed by atoms with van der Waals surface area (Å²) in [6, 6.07) is 20.0. The van der Waals surface area contributed by atoms with Crippen molar-refractivity contribution in [3.8, 4) is 5.75 Å². The van der Waals surface area contributed by atoms with E-state index in [-0.39, 0.29) is 5.91 Å². The topological polar surface area (TPSA) is 71.5 Å². The van der Waals surface area contributed by atoms with Crippen LogP contribution < -0.4 is 15.2 Å². The zero-order valence-corrected chi connectivity index (χ0v) is 13.9. The van der Waals surface area contributed by atoms with Crippen LogP contribution in [0, 0.1) is 0 Å². The van der Waals surface area contributed by atoms with Gasteiger partial charge in [-0.15, -0.1) is 0 Å². The van der Waals surface area contributed by atoms with Crippen molar-refractivity contribution in [3.63, 3.8) is 0 Å². The Hall–Kier alpha value is -3.67. The van der Waals surface area contributed by atoms with Crippen molar-refractivity contribution in [2.75, 3.05) is 5.01 Å². The fourth-order valence-electron chi connectivity index (χ4n) is 2.35. The minimum absolute atomic E-state index is 0.367. The van der Waals surface area contributed by atoms with Gasteiger partial charge in [0.15, 0.2) is 0 Å². The summed E-state index contributed by atoms with van der Waals surface area (Å²) < 4.78 is 5.73. The van der Waals surface area contributed by atoms with E-state index < -0.39 is 0 Å². The highest BCUT2D eigenvalue weighted by Gasteiger charge is 2.17. The molecular weight excluding hydrogens is 330 g/mol. The van der Waals surface area contributed by atoms with E-state index >= 15 is 0 Å². The molecule has 3 rings (SSSR count). The van der Waals surface area contributed by atoms with Crippen molar-refractivity contribution in [2.45, 2.75) is 6.61 Å². The maximum Gasteiger partial charge on any atom is 0.278 e. The minimum atomic E-state index is -0.386. The second-order valence-electron chi connectivity index (χ2n) is 5.40. The number of ether oxygens (including phenoxy) is 1. The fourth-order valence-corrected chi connectivity index (χ4v) is 2.35. The number of hydrazine groups is 1. The average molecular weight is 347 g/mol. The van der Waals surface area contributed by atoms with Gasteiger partial charge in [-0.3, -0.25) is 20.0 Å². The molecule has 0 unspecified atom stereocenters. The molecule has 0 fully saturated rings. The number of carbonyl (C=O) groups is 2. The molecule has 3 aromatic rings. The summed E-state index contributed by atoms with van der Waals surface area (Å²) in [5.41, 5.74) is 4.35. The molecule has 2 aromatic carbocycles. The molecule has 0 spiro atoms. The lowest BCUT2D eigenvalue weighted by molar-refractivity contribution is -0.109. The van der Waals surface area contributed by atoms with Crippen molar-refractivity contribution < 1.29 is 14.3 Å². The van der Waals surface area contributed by atoms with Gasteiger partial charge in [-0.05, 0) is 42.0 Å². The van der Waals surface area contributed by atoms with Gasteiger partial charge >= 0.3 is 0 Å². The predicted molar refractivity (Wildman–Crippen MR) is 97.5 cm³/mol. The number of nitrogens with one attached hydrogen (secondary N) is 1. The van der Waals surface area contributed by atoms with E-state index in [1.165, 1.54) is 6.20 Å². The maximum atomic E-state index is 12.6. The summed E-state index contributed by atoms with van der Waals surface area (Å²) in [5, 5.41) is 1.16. The summed E-state index contributed by atoms with van der Waals surface area (Å²) in [7, 11) is 0. The number of nitrogens with zero attached hydrogens (tertiary/aromatic N) is 2. The third-order valence-corrected chi connectivity index (χ3v) is 3.64. The molecule has 2 amide bonds. The summed E-state index contributed by atoms with van der Waals surface area (Å²) in [4.78, 5) is 27.4. The van der Waals surface area contributed by atoms with Gasteiger partial charge in [0.25, 0.3) is 5.91 Å². The lowest BCUT2D eigenvalue weighted by Crippen LogP contribution is -2.42. The maximum absolute atomic E-state index is 12.6. The van der Waals surface area contributed by atoms with Crippen LogP contribution in [-0.2, 0) is 11.4 Å². The number of pyridine rings is 1. The quantitative estimate of drug-likeness (QED) is 0.527. The van der Waals surface area contributed by atoms with Crippen LogP contribution in [0.1, 0.15) is 15.9 Å². The lowest BCUT2D eigenvalue weighted by atomic mass is 10.2. The van der Waals surface area contributed by atoms with E-state index in [9.17, 15) is 9.59 Å². The zero-order chi connectivity index (χ0) is 18.2. The van der Waals surface area contributed by atoms with Crippen molar-refractivity contribution in [1.82, 2.24) is 10.4 Å². The van der Waals surface area contributed by atoms with Gasteiger partial charge in [0.1, 0.15) is 12.4 Å². The van der Waals surface area contributed by atoms with Crippen molar-refractivity contribution in [3.05, 3.63) is 90.3 Å². The second kappa shape index (κ2) is 8.43. The second-order valence-corrected chi connectivity index (χ2v) is 5.40. The molecule has 1 aromatic heterocycles. The van der Waals surface area contributed by atoms with E-state index in [2.05, 4.69) is 10.4 Å². The molecule has 130 valence electrons. The summed E-state index contributed by atoms with van der Waals surface area (Å²) in [6.45, 7) is 0.450. The van der Waals surface area contributed by atoms with Crippen LogP contribution in [0.2, 0.25) is 0 Å². The van der Waals surface area contributed by atoms with Crippen LogP contribution in [0.3, 0.4) is 0 Å². The standard InChI is InChI=1S/C20H17N3O3/c24-15-22-23(20(25)17-7-4-12-21-13-17)18-8-10-19(11-9-18)26-14-16-5-2-1-3-6-16/h1-13,15H,14H2,(H,22,24). The number of carbonyl (C=O) groups excluding carboxylic acids is 2. The summed E-state index contributed by atoms with van der Waals surface area (Å²) >= 11 is 0. The Bertz CT molecular complexity index is 852. The van der Waals surface area contributed by atoms with Crippen molar-refractivity contribution >= 4 is 18.0 Å². The van der Waals surface area contributed by atoms with E-state index in [4.69, 9.17) is 4.74 Å². The Balaban J connectivity index is 1.72. The molecule has 0 aliphatic rings. The van der Waals surface area contributed by atoms with Gasteiger partial charge < -0.3 is 4.74 Å². The minimum Gasteiger partial charge on any atom is -0.489 e. The van der Waals surface area contributed by atoms with Gasteiger partial charge in [-0.1, -0.05) is 30.3 Å². The molecule has 0 atom stereocenters. The predicted octanol–water partition coefficient (Wildman–Crippen LogP) is 2.97. The molecule has 0 aliphatic carbocycles. The molecule has 0 saturated heterocycles. The average Bonchev–Trinajstić information content (AvgIpc) is 2.72. The van der Waals surface area contributed by atoms with E-state index in [1.807, 2.05) is 30.3 Å². The molecule has 26 heavy (non-hydrogen) atoms.